The van der Waals surface area contributed by atoms with Gasteiger partial charge in [0, 0.05) is 24.1 Å². The Kier molecular flexibility index (Phi) is 8.34. The highest BCUT2D eigenvalue weighted by molar-refractivity contribution is 6.06. The lowest BCUT2D eigenvalue weighted by Crippen LogP contribution is -2.15. The predicted octanol–water partition coefficient (Wildman–Crippen LogP) is 4.10. The Balaban J connectivity index is 2.40. The first-order valence-electron chi connectivity index (χ1n) is 9.74. The van der Waals surface area contributed by atoms with Crippen LogP contribution in [0.2, 0.25) is 0 Å². The number of rotatable bonds is 10. The Labute approximate surface area is 176 Å². The van der Waals surface area contributed by atoms with E-state index in [1.807, 2.05) is 13.8 Å². The van der Waals surface area contributed by atoms with Gasteiger partial charge in [0.1, 0.15) is 11.5 Å². The average molecular weight is 416 g/mol. The minimum Gasteiger partial charge on any atom is -0.493 e. The number of amides is 2. The van der Waals surface area contributed by atoms with E-state index in [2.05, 4.69) is 10.6 Å². The summed E-state index contributed by atoms with van der Waals surface area (Å²) in [6, 6.07) is 8.17. The topological polar surface area (TPSA) is 95.1 Å². The highest BCUT2D eigenvalue weighted by Crippen LogP contribution is 2.37. The summed E-state index contributed by atoms with van der Waals surface area (Å²) in [6.07, 6.45) is 0.327. The number of hydrogen-bond acceptors (Lipinski definition) is 6. The van der Waals surface area contributed by atoms with Gasteiger partial charge in [0.2, 0.25) is 5.91 Å². The van der Waals surface area contributed by atoms with Crippen molar-refractivity contribution < 1.29 is 28.5 Å². The lowest BCUT2D eigenvalue weighted by molar-refractivity contribution is -0.115. The molecule has 2 aromatic rings. The summed E-state index contributed by atoms with van der Waals surface area (Å²) < 4.78 is 21.8. The number of hydrogen-bond donors (Lipinski definition) is 2. The summed E-state index contributed by atoms with van der Waals surface area (Å²) in [5.74, 6) is 1.32. The maximum absolute atomic E-state index is 12.8. The fourth-order valence-electron chi connectivity index (χ4n) is 2.72. The molecule has 30 heavy (non-hydrogen) atoms. The van der Waals surface area contributed by atoms with E-state index in [4.69, 9.17) is 18.9 Å². The van der Waals surface area contributed by atoms with Crippen molar-refractivity contribution in [1.82, 2.24) is 0 Å². The molecule has 0 spiro atoms. The maximum atomic E-state index is 12.8. The first kappa shape index (κ1) is 22.9. The van der Waals surface area contributed by atoms with Gasteiger partial charge in [-0.3, -0.25) is 9.59 Å². The van der Waals surface area contributed by atoms with Crippen LogP contribution in [0.15, 0.2) is 30.3 Å². The first-order chi connectivity index (χ1) is 14.5. The second-order valence-electron chi connectivity index (χ2n) is 6.14. The molecule has 2 amide bonds. The van der Waals surface area contributed by atoms with Gasteiger partial charge in [-0.25, -0.2) is 0 Å². The van der Waals surface area contributed by atoms with Gasteiger partial charge in [0.05, 0.1) is 38.8 Å². The molecule has 0 saturated carbocycles. The quantitative estimate of drug-likeness (QED) is 0.605. The zero-order chi connectivity index (χ0) is 22.1. The van der Waals surface area contributed by atoms with E-state index in [0.29, 0.717) is 59.6 Å². The van der Waals surface area contributed by atoms with Crippen molar-refractivity contribution in [3.05, 3.63) is 35.9 Å². The zero-order valence-corrected chi connectivity index (χ0v) is 18.0. The van der Waals surface area contributed by atoms with Gasteiger partial charge >= 0.3 is 0 Å². The Morgan fingerprint density at radius 1 is 0.767 bits per heavy atom. The van der Waals surface area contributed by atoms with Crippen LogP contribution < -0.4 is 29.6 Å². The Morgan fingerprint density at radius 2 is 1.33 bits per heavy atom. The average Bonchev–Trinajstić information content (AvgIpc) is 2.75. The van der Waals surface area contributed by atoms with Gasteiger partial charge in [-0.05, 0) is 32.0 Å². The van der Waals surface area contributed by atoms with Crippen molar-refractivity contribution in [1.29, 1.82) is 0 Å². The molecule has 0 aliphatic rings. The highest BCUT2D eigenvalue weighted by atomic mass is 16.5. The second kappa shape index (κ2) is 10.9. The molecule has 8 heteroatoms. The van der Waals surface area contributed by atoms with E-state index in [9.17, 15) is 9.59 Å². The Bertz CT molecular complexity index is 897. The van der Waals surface area contributed by atoms with Crippen LogP contribution in [0.25, 0.3) is 0 Å². The fraction of sp³-hybridized carbons (Fsp3) is 0.364. The number of benzene rings is 2. The normalized spacial score (nSPS) is 10.2. The third-order valence-corrected chi connectivity index (χ3v) is 4.17. The van der Waals surface area contributed by atoms with Crippen molar-refractivity contribution >= 4 is 23.2 Å². The molecule has 0 saturated heterocycles. The number of anilines is 2. The molecule has 0 fully saturated rings. The summed E-state index contributed by atoms with van der Waals surface area (Å²) in [6.45, 7) is 6.21. The van der Waals surface area contributed by atoms with Crippen molar-refractivity contribution in [2.45, 2.75) is 27.2 Å². The van der Waals surface area contributed by atoms with Crippen LogP contribution >= 0.6 is 0 Å². The zero-order valence-electron chi connectivity index (χ0n) is 18.0. The molecule has 0 heterocycles. The Hall–Kier alpha value is -3.42. The predicted molar refractivity (Wildman–Crippen MR) is 115 cm³/mol. The van der Waals surface area contributed by atoms with E-state index in [1.165, 1.54) is 14.2 Å². The van der Waals surface area contributed by atoms with Gasteiger partial charge in [-0.2, -0.15) is 0 Å². The van der Waals surface area contributed by atoms with Crippen LogP contribution in [0.4, 0.5) is 11.4 Å². The van der Waals surface area contributed by atoms with Crippen molar-refractivity contribution in [3.8, 4) is 23.0 Å². The summed E-state index contributed by atoms with van der Waals surface area (Å²) in [5.41, 5.74) is 1.29. The molecule has 0 radical (unpaired) electrons. The largest absolute Gasteiger partial charge is 0.493 e. The fourth-order valence-corrected chi connectivity index (χ4v) is 2.72. The van der Waals surface area contributed by atoms with Crippen LogP contribution in [0.1, 0.15) is 37.6 Å². The molecule has 2 aromatic carbocycles. The third kappa shape index (κ3) is 5.56. The van der Waals surface area contributed by atoms with E-state index >= 15 is 0 Å². The van der Waals surface area contributed by atoms with E-state index in [1.54, 1.807) is 37.3 Å². The number of nitrogens with one attached hydrogen (secondary N) is 2. The number of carbonyl (C=O) groups excluding carboxylic acids is 2. The maximum Gasteiger partial charge on any atom is 0.255 e. The smallest absolute Gasteiger partial charge is 0.255 e. The van der Waals surface area contributed by atoms with Crippen LogP contribution in [0.5, 0.6) is 23.0 Å². The highest BCUT2D eigenvalue weighted by Gasteiger charge is 2.17. The van der Waals surface area contributed by atoms with E-state index in [0.717, 1.165) is 0 Å². The molecule has 162 valence electrons. The van der Waals surface area contributed by atoms with Crippen molar-refractivity contribution in [2.24, 2.45) is 0 Å². The number of carbonyl (C=O) groups is 2. The summed E-state index contributed by atoms with van der Waals surface area (Å²) >= 11 is 0. The molecule has 0 bridgehead atoms. The molecule has 0 aromatic heterocycles. The summed E-state index contributed by atoms with van der Waals surface area (Å²) in [5, 5.41) is 5.64. The molecule has 2 N–H and O–H groups in total. The van der Waals surface area contributed by atoms with Crippen molar-refractivity contribution in [2.75, 3.05) is 38.1 Å². The van der Waals surface area contributed by atoms with Crippen molar-refractivity contribution in [3.63, 3.8) is 0 Å². The minimum absolute atomic E-state index is 0.152. The van der Waals surface area contributed by atoms with Crippen LogP contribution in [-0.2, 0) is 4.79 Å². The van der Waals surface area contributed by atoms with Crippen LogP contribution in [-0.4, -0.2) is 39.2 Å². The van der Waals surface area contributed by atoms with Gasteiger partial charge in [-0.1, -0.05) is 6.92 Å². The third-order valence-electron chi connectivity index (χ3n) is 4.17. The summed E-state index contributed by atoms with van der Waals surface area (Å²) in [4.78, 5) is 24.7. The lowest BCUT2D eigenvalue weighted by atomic mass is 10.1. The van der Waals surface area contributed by atoms with Crippen LogP contribution in [0.3, 0.4) is 0 Å². The standard InChI is InChI=1S/C22H28N2O6/c1-6-21(25)23-15-12-19(30-8-3)16(13-18(15)29-7-2)24-22(26)14-9-10-17(27-4)20(11-14)28-5/h9-13H,6-8H2,1-5H3,(H,23,25)(H,24,26). The minimum atomic E-state index is -0.357. The Morgan fingerprint density at radius 3 is 1.83 bits per heavy atom. The van der Waals surface area contributed by atoms with E-state index in [-0.39, 0.29) is 11.8 Å². The monoisotopic (exact) mass is 416 g/mol. The lowest BCUT2D eigenvalue weighted by Gasteiger charge is -2.18. The van der Waals surface area contributed by atoms with Gasteiger partial charge in [-0.15, -0.1) is 0 Å². The van der Waals surface area contributed by atoms with Gasteiger partial charge < -0.3 is 29.6 Å². The van der Waals surface area contributed by atoms with Crippen LogP contribution in [0, 0.1) is 0 Å². The first-order valence-corrected chi connectivity index (χ1v) is 9.74. The molecular formula is C22H28N2O6. The molecule has 0 atom stereocenters. The number of methoxy groups -OCH3 is 2. The molecular weight excluding hydrogens is 388 g/mol. The SMILES string of the molecule is CCOc1cc(NC(=O)c2ccc(OC)c(OC)c2)c(OCC)cc1NC(=O)CC. The number of ether oxygens (including phenoxy) is 4. The molecule has 2 rings (SSSR count). The second-order valence-corrected chi connectivity index (χ2v) is 6.14. The van der Waals surface area contributed by atoms with Gasteiger partial charge in [0.25, 0.3) is 5.91 Å². The van der Waals surface area contributed by atoms with E-state index < -0.39 is 0 Å². The molecule has 0 aliphatic heterocycles. The summed E-state index contributed by atoms with van der Waals surface area (Å²) in [7, 11) is 3.03. The molecule has 0 unspecified atom stereocenters. The molecule has 0 aliphatic carbocycles. The molecule has 8 nitrogen and oxygen atoms in total. The van der Waals surface area contributed by atoms with Gasteiger partial charge in [0.15, 0.2) is 11.5 Å².